The van der Waals surface area contributed by atoms with E-state index in [2.05, 4.69) is 4.99 Å². The maximum atomic E-state index is 9.80. The Balaban J connectivity index is 2.91. The molecule has 0 aromatic carbocycles. The van der Waals surface area contributed by atoms with Gasteiger partial charge in [-0.2, -0.15) is 0 Å². The lowest BCUT2D eigenvalue weighted by Gasteiger charge is -2.01. The molecular weight excluding hydrogens is 214 g/mol. The Bertz CT molecular complexity index is 189. The Labute approximate surface area is 105 Å². The number of aliphatic imine (C=N–C) groups is 1. The van der Waals surface area contributed by atoms with Gasteiger partial charge in [0.15, 0.2) is 0 Å². The van der Waals surface area contributed by atoms with Gasteiger partial charge in [0.1, 0.15) is 0 Å². The summed E-state index contributed by atoms with van der Waals surface area (Å²) in [4.78, 5) is 13.3. The molecule has 0 aromatic heterocycles. The Hall–Kier alpha value is -0.660. The van der Waals surface area contributed by atoms with Gasteiger partial charge in [-0.1, -0.05) is 57.8 Å². The fraction of sp³-hybridized carbons (Fsp3) is 0.929. The summed E-state index contributed by atoms with van der Waals surface area (Å²) in [6, 6.07) is 0. The molecule has 0 saturated heterocycles. The average molecular weight is 241 g/mol. The molecule has 0 aromatic rings. The van der Waals surface area contributed by atoms with E-state index in [-0.39, 0.29) is 0 Å². The average Bonchev–Trinajstić information content (AvgIpc) is 2.35. The Morgan fingerprint density at radius 1 is 0.706 bits per heavy atom. The first-order chi connectivity index (χ1) is 8.41. The molecule has 0 aliphatic carbocycles. The molecular formula is C14H27NO2. The number of hydrogen-bond acceptors (Lipinski definition) is 3. The maximum Gasteiger partial charge on any atom is 0.234 e. The molecule has 0 atom stereocenters. The van der Waals surface area contributed by atoms with Gasteiger partial charge >= 0.3 is 0 Å². The molecule has 0 spiro atoms. The van der Waals surface area contributed by atoms with Crippen molar-refractivity contribution in [1.82, 2.24) is 0 Å². The molecule has 0 fully saturated rings. The van der Waals surface area contributed by atoms with Gasteiger partial charge in [0.2, 0.25) is 6.08 Å². The zero-order chi connectivity index (χ0) is 12.6. The molecule has 0 heterocycles. The van der Waals surface area contributed by atoms with E-state index in [0.29, 0.717) is 13.2 Å². The van der Waals surface area contributed by atoms with Crippen LogP contribution in [0.5, 0.6) is 0 Å². The van der Waals surface area contributed by atoms with Crippen molar-refractivity contribution in [1.29, 1.82) is 0 Å². The highest BCUT2D eigenvalue weighted by atomic mass is 16.2. The molecule has 1 N–H and O–H groups in total. The first-order valence-corrected chi connectivity index (χ1v) is 7.06. The van der Waals surface area contributed by atoms with Gasteiger partial charge in [-0.25, -0.2) is 9.79 Å². The monoisotopic (exact) mass is 241 g/mol. The molecule has 0 radical (unpaired) electrons. The molecule has 100 valence electrons. The Morgan fingerprint density at radius 2 is 1.12 bits per heavy atom. The molecule has 3 nitrogen and oxygen atoms in total. The predicted molar refractivity (Wildman–Crippen MR) is 70.9 cm³/mol. The van der Waals surface area contributed by atoms with Crippen molar-refractivity contribution < 1.29 is 9.90 Å². The van der Waals surface area contributed by atoms with Crippen molar-refractivity contribution in [3.05, 3.63) is 0 Å². The van der Waals surface area contributed by atoms with E-state index >= 15 is 0 Å². The summed E-state index contributed by atoms with van der Waals surface area (Å²) in [6.07, 6.45) is 15.1. The molecule has 17 heavy (non-hydrogen) atoms. The molecule has 0 saturated carbocycles. The van der Waals surface area contributed by atoms with Gasteiger partial charge in [-0.3, -0.25) is 0 Å². The topological polar surface area (TPSA) is 49.7 Å². The highest BCUT2D eigenvalue weighted by molar-refractivity contribution is 5.32. The Morgan fingerprint density at radius 3 is 1.53 bits per heavy atom. The molecule has 3 heteroatoms. The van der Waals surface area contributed by atoms with Crippen molar-refractivity contribution in [2.45, 2.75) is 70.6 Å². The van der Waals surface area contributed by atoms with Crippen LogP contribution in [-0.4, -0.2) is 24.3 Å². The number of aliphatic hydroxyl groups is 1. The van der Waals surface area contributed by atoms with Crippen molar-refractivity contribution >= 4 is 6.08 Å². The van der Waals surface area contributed by atoms with Crippen LogP contribution in [0.3, 0.4) is 0 Å². The molecule has 0 bridgehead atoms. The standard InChI is InChI=1S/C14H27NO2/c16-13-11-9-7-5-3-1-2-4-6-8-10-12-15-14-17/h16H,1-13H2. The predicted octanol–water partition coefficient (Wildman–Crippen LogP) is 3.61. The zero-order valence-corrected chi connectivity index (χ0v) is 11.0. The van der Waals surface area contributed by atoms with Gasteiger partial charge in [0.05, 0.1) is 6.54 Å². The quantitative estimate of drug-likeness (QED) is 0.304. The number of carbonyl (C=O) groups excluding carboxylic acids is 1. The second kappa shape index (κ2) is 15.3. The van der Waals surface area contributed by atoms with E-state index in [4.69, 9.17) is 5.11 Å². The number of hydrogen-bond donors (Lipinski definition) is 1. The van der Waals surface area contributed by atoms with E-state index in [1.165, 1.54) is 57.8 Å². The lowest BCUT2D eigenvalue weighted by atomic mass is 10.1. The first-order valence-electron chi connectivity index (χ1n) is 7.06. The highest BCUT2D eigenvalue weighted by Gasteiger charge is 1.93. The zero-order valence-electron chi connectivity index (χ0n) is 11.0. The van der Waals surface area contributed by atoms with Gasteiger partial charge in [-0.05, 0) is 12.8 Å². The van der Waals surface area contributed by atoms with Gasteiger partial charge in [0.25, 0.3) is 0 Å². The van der Waals surface area contributed by atoms with E-state index in [0.717, 1.165) is 12.8 Å². The molecule has 0 rings (SSSR count). The van der Waals surface area contributed by atoms with Crippen LogP contribution in [-0.2, 0) is 4.79 Å². The second-order valence-corrected chi connectivity index (χ2v) is 4.59. The summed E-state index contributed by atoms with van der Waals surface area (Å²) in [6.45, 7) is 0.989. The minimum atomic E-state index is 0.341. The third kappa shape index (κ3) is 15.3. The molecule has 0 unspecified atom stereocenters. The van der Waals surface area contributed by atoms with E-state index in [9.17, 15) is 4.79 Å². The summed E-state index contributed by atoms with van der Waals surface area (Å²) in [5.74, 6) is 0. The second-order valence-electron chi connectivity index (χ2n) is 4.59. The van der Waals surface area contributed by atoms with Gasteiger partial charge < -0.3 is 5.11 Å². The van der Waals surface area contributed by atoms with Crippen LogP contribution in [0.25, 0.3) is 0 Å². The normalized spacial score (nSPS) is 10.2. The van der Waals surface area contributed by atoms with Crippen LogP contribution in [0.4, 0.5) is 0 Å². The van der Waals surface area contributed by atoms with Crippen LogP contribution >= 0.6 is 0 Å². The van der Waals surface area contributed by atoms with Crippen LogP contribution < -0.4 is 0 Å². The van der Waals surface area contributed by atoms with E-state index in [1.807, 2.05) is 0 Å². The SMILES string of the molecule is O=C=NCCCCCCCCCCCCCO. The first kappa shape index (κ1) is 16.3. The largest absolute Gasteiger partial charge is 0.396 e. The molecule has 0 aliphatic rings. The molecule has 0 aliphatic heterocycles. The van der Waals surface area contributed by atoms with Crippen LogP contribution in [0.1, 0.15) is 70.6 Å². The number of isocyanates is 1. The van der Waals surface area contributed by atoms with Gasteiger partial charge in [-0.15, -0.1) is 0 Å². The van der Waals surface area contributed by atoms with E-state index in [1.54, 1.807) is 6.08 Å². The number of unbranched alkanes of at least 4 members (excludes halogenated alkanes) is 10. The van der Waals surface area contributed by atoms with Gasteiger partial charge in [0, 0.05) is 6.61 Å². The van der Waals surface area contributed by atoms with Crippen molar-refractivity contribution in [2.75, 3.05) is 13.2 Å². The number of aliphatic hydroxyl groups excluding tert-OH is 1. The van der Waals surface area contributed by atoms with Crippen LogP contribution in [0.2, 0.25) is 0 Å². The highest BCUT2D eigenvalue weighted by Crippen LogP contribution is 2.11. The summed E-state index contributed by atoms with van der Waals surface area (Å²) < 4.78 is 0. The maximum absolute atomic E-state index is 9.80. The fourth-order valence-electron chi connectivity index (χ4n) is 1.94. The summed E-state index contributed by atoms with van der Waals surface area (Å²) in [5.41, 5.74) is 0. The summed E-state index contributed by atoms with van der Waals surface area (Å²) in [5, 5.41) is 8.62. The van der Waals surface area contributed by atoms with Crippen LogP contribution in [0.15, 0.2) is 4.99 Å². The lowest BCUT2D eigenvalue weighted by molar-refractivity contribution is 0.282. The van der Waals surface area contributed by atoms with E-state index < -0.39 is 0 Å². The summed E-state index contributed by atoms with van der Waals surface area (Å²) in [7, 11) is 0. The minimum Gasteiger partial charge on any atom is -0.396 e. The van der Waals surface area contributed by atoms with Crippen molar-refractivity contribution in [2.24, 2.45) is 4.99 Å². The third-order valence-electron chi connectivity index (χ3n) is 2.99. The van der Waals surface area contributed by atoms with Crippen molar-refractivity contribution in [3.8, 4) is 0 Å². The third-order valence-corrected chi connectivity index (χ3v) is 2.99. The lowest BCUT2D eigenvalue weighted by Crippen LogP contribution is -1.85. The fourth-order valence-corrected chi connectivity index (χ4v) is 1.94. The minimum absolute atomic E-state index is 0.341. The smallest absolute Gasteiger partial charge is 0.234 e. The van der Waals surface area contributed by atoms with Crippen LogP contribution in [0, 0.1) is 0 Å². The number of rotatable bonds is 13. The molecule has 0 amide bonds. The van der Waals surface area contributed by atoms with Crippen molar-refractivity contribution in [3.63, 3.8) is 0 Å². The Kier molecular flexibility index (Phi) is 14.7. The number of nitrogens with zero attached hydrogens (tertiary/aromatic N) is 1. The summed E-state index contributed by atoms with van der Waals surface area (Å²) >= 11 is 0.